The third kappa shape index (κ3) is 2.83. The van der Waals surface area contributed by atoms with Crippen LogP contribution in [0, 0.1) is 6.92 Å². The lowest BCUT2D eigenvalue weighted by molar-refractivity contribution is 0.136. The van der Waals surface area contributed by atoms with E-state index in [2.05, 4.69) is 35.9 Å². The van der Waals surface area contributed by atoms with Crippen molar-refractivity contribution < 1.29 is 4.74 Å². The highest BCUT2D eigenvalue weighted by atomic mass is 32.1. The third-order valence-corrected chi connectivity index (χ3v) is 3.34. The fraction of sp³-hybridized carbons (Fsp3) is 0.357. The van der Waals surface area contributed by atoms with Gasteiger partial charge in [0.25, 0.3) is 0 Å². The first-order valence-corrected chi connectivity index (χ1v) is 6.67. The molecule has 0 fully saturated rings. The summed E-state index contributed by atoms with van der Waals surface area (Å²) in [6.45, 7) is 5.38. The maximum atomic E-state index is 5.43. The molecule has 85 valence electrons. The number of rotatable bonds is 6. The fourth-order valence-electron chi connectivity index (χ4n) is 1.87. The molecule has 0 N–H and O–H groups in total. The average Bonchev–Trinajstić information content (AvgIpc) is 2.73. The van der Waals surface area contributed by atoms with Crippen molar-refractivity contribution in [3.63, 3.8) is 0 Å². The van der Waals surface area contributed by atoms with Crippen LogP contribution in [0.15, 0.2) is 29.0 Å². The minimum atomic E-state index is 0.781. The van der Waals surface area contributed by atoms with Crippen molar-refractivity contribution in [2.45, 2.75) is 19.3 Å². The molecule has 1 aliphatic carbocycles. The Morgan fingerprint density at radius 3 is 3.00 bits per heavy atom. The van der Waals surface area contributed by atoms with E-state index in [9.17, 15) is 0 Å². The van der Waals surface area contributed by atoms with Crippen molar-refractivity contribution in [1.82, 2.24) is 0 Å². The molecule has 0 saturated heterocycles. The van der Waals surface area contributed by atoms with Gasteiger partial charge in [-0.15, -0.1) is 0 Å². The van der Waals surface area contributed by atoms with E-state index in [1.54, 1.807) is 11.3 Å². The summed E-state index contributed by atoms with van der Waals surface area (Å²) in [5, 5.41) is 4.35. The Morgan fingerprint density at radius 1 is 1.19 bits per heavy atom. The summed E-state index contributed by atoms with van der Waals surface area (Å²) in [6, 6.07) is 6.66. The molecule has 0 spiro atoms. The molecule has 0 unspecified atom stereocenters. The number of hydrogen-bond acceptors (Lipinski definition) is 2. The zero-order valence-corrected chi connectivity index (χ0v) is 10.3. The van der Waals surface area contributed by atoms with Crippen LogP contribution in [0.2, 0.25) is 0 Å². The summed E-state index contributed by atoms with van der Waals surface area (Å²) in [7, 11) is 0. The van der Waals surface area contributed by atoms with Crippen molar-refractivity contribution in [2.75, 3.05) is 13.2 Å². The highest BCUT2D eigenvalue weighted by Crippen LogP contribution is 2.29. The summed E-state index contributed by atoms with van der Waals surface area (Å²) in [5.74, 6) is 0. The number of fused-ring (bicyclic) bond motifs is 1. The Labute approximate surface area is 101 Å². The molecule has 1 aliphatic heterocycles. The van der Waals surface area contributed by atoms with Gasteiger partial charge in [0, 0.05) is 13.2 Å². The van der Waals surface area contributed by atoms with Crippen LogP contribution in [-0.2, 0) is 11.2 Å². The van der Waals surface area contributed by atoms with Gasteiger partial charge in [-0.1, -0.05) is 19.1 Å². The van der Waals surface area contributed by atoms with Crippen molar-refractivity contribution in [3.05, 3.63) is 41.4 Å². The topological polar surface area (TPSA) is 9.23 Å². The Hall–Kier alpha value is -0.860. The van der Waals surface area contributed by atoms with Crippen molar-refractivity contribution in [1.29, 1.82) is 0 Å². The smallest absolute Gasteiger partial charge is 0.0469 e. The van der Waals surface area contributed by atoms with Crippen LogP contribution in [0.5, 0.6) is 0 Å². The molecule has 0 atom stereocenters. The lowest BCUT2D eigenvalue weighted by Crippen LogP contribution is -1.97. The predicted octanol–water partition coefficient (Wildman–Crippen LogP) is 4.03. The molecule has 16 heavy (non-hydrogen) atoms. The SMILES string of the molecule is [CH2]CCOCCCc1ccc2csccc1-2. The highest BCUT2D eigenvalue weighted by Gasteiger charge is 2.07. The van der Waals surface area contributed by atoms with Crippen LogP contribution in [0.25, 0.3) is 11.1 Å². The Balaban J connectivity index is 1.86. The summed E-state index contributed by atoms with van der Waals surface area (Å²) in [6.07, 6.45) is 3.06. The normalized spacial score (nSPS) is 11.1. The van der Waals surface area contributed by atoms with E-state index in [4.69, 9.17) is 4.74 Å². The monoisotopic (exact) mass is 233 g/mol. The molecule has 0 saturated carbocycles. The summed E-state index contributed by atoms with van der Waals surface area (Å²) >= 11 is 1.75. The van der Waals surface area contributed by atoms with Gasteiger partial charge in [0.1, 0.15) is 0 Å². The summed E-state index contributed by atoms with van der Waals surface area (Å²) < 4.78 is 5.43. The number of aryl methyl sites for hydroxylation is 1. The Bertz CT molecular complexity index is 394. The Morgan fingerprint density at radius 2 is 2.12 bits per heavy atom. The van der Waals surface area contributed by atoms with Gasteiger partial charge in [0.15, 0.2) is 0 Å². The number of ether oxygens (including phenoxy) is 1. The van der Waals surface area contributed by atoms with Crippen LogP contribution in [-0.4, -0.2) is 13.2 Å². The van der Waals surface area contributed by atoms with Gasteiger partial charge >= 0.3 is 0 Å². The molecular weight excluding hydrogens is 216 g/mol. The first-order valence-electron chi connectivity index (χ1n) is 5.72. The lowest BCUT2D eigenvalue weighted by atomic mass is 10.1. The summed E-state index contributed by atoms with van der Waals surface area (Å²) in [5.41, 5.74) is 4.21. The van der Waals surface area contributed by atoms with E-state index < -0.39 is 0 Å². The fourth-order valence-corrected chi connectivity index (χ4v) is 2.51. The van der Waals surface area contributed by atoms with E-state index in [0.717, 1.165) is 32.5 Å². The molecule has 0 aromatic rings. The zero-order valence-electron chi connectivity index (χ0n) is 9.45. The van der Waals surface area contributed by atoms with Gasteiger partial charge in [-0.3, -0.25) is 0 Å². The highest BCUT2D eigenvalue weighted by molar-refractivity contribution is 7.07. The second-order valence-corrected chi connectivity index (χ2v) is 4.63. The minimum absolute atomic E-state index is 0.781. The molecule has 2 aliphatic rings. The van der Waals surface area contributed by atoms with Gasteiger partial charge in [-0.05, 0) is 52.8 Å². The van der Waals surface area contributed by atoms with E-state index in [1.807, 2.05) is 0 Å². The molecule has 2 heteroatoms. The van der Waals surface area contributed by atoms with Crippen LogP contribution in [0.1, 0.15) is 18.4 Å². The molecule has 0 amide bonds. The van der Waals surface area contributed by atoms with E-state index in [-0.39, 0.29) is 0 Å². The van der Waals surface area contributed by atoms with Crippen LogP contribution >= 0.6 is 11.3 Å². The van der Waals surface area contributed by atoms with E-state index >= 15 is 0 Å². The van der Waals surface area contributed by atoms with Crippen molar-refractivity contribution in [3.8, 4) is 11.1 Å². The van der Waals surface area contributed by atoms with Gasteiger partial charge in [-0.2, -0.15) is 11.3 Å². The van der Waals surface area contributed by atoms with Gasteiger partial charge in [0.05, 0.1) is 0 Å². The second kappa shape index (κ2) is 6.02. The van der Waals surface area contributed by atoms with Crippen LogP contribution in [0.3, 0.4) is 0 Å². The maximum absolute atomic E-state index is 5.43. The van der Waals surface area contributed by atoms with Crippen LogP contribution < -0.4 is 0 Å². The van der Waals surface area contributed by atoms with E-state index in [1.165, 1.54) is 16.7 Å². The van der Waals surface area contributed by atoms with Crippen molar-refractivity contribution in [2.24, 2.45) is 0 Å². The summed E-state index contributed by atoms with van der Waals surface area (Å²) in [4.78, 5) is 0. The van der Waals surface area contributed by atoms with E-state index in [0.29, 0.717) is 0 Å². The van der Waals surface area contributed by atoms with Crippen LogP contribution in [0.4, 0.5) is 0 Å². The molecule has 1 heterocycles. The molecule has 0 bridgehead atoms. The van der Waals surface area contributed by atoms with Gasteiger partial charge < -0.3 is 4.74 Å². The molecule has 0 aromatic heterocycles. The quantitative estimate of drug-likeness (QED) is 0.685. The standard InChI is InChI=1S/C14H17OS/c1-2-8-15-9-3-4-12-5-6-13-11-16-10-7-14(12)13/h5-7,10-11H,1-4,8-9H2. The predicted molar refractivity (Wildman–Crippen MR) is 70.1 cm³/mol. The average molecular weight is 233 g/mol. The molecular formula is C14H17OS. The molecule has 2 rings (SSSR count). The van der Waals surface area contributed by atoms with Gasteiger partial charge in [-0.25, -0.2) is 0 Å². The van der Waals surface area contributed by atoms with Crippen molar-refractivity contribution >= 4 is 11.3 Å². The third-order valence-electron chi connectivity index (χ3n) is 2.65. The molecule has 1 radical (unpaired) electrons. The first-order chi connectivity index (χ1) is 7.92. The maximum Gasteiger partial charge on any atom is 0.0469 e. The van der Waals surface area contributed by atoms with Gasteiger partial charge in [0.2, 0.25) is 0 Å². The lowest BCUT2D eigenvalue weighted by Gasteiger charge is -2.04. The number of hydrogen-bond donors (Lipinski definition) is 0. The molecule has 0 aromatic carbocycles. The second-order valence-electron chi connectivity index (χ2n) is 3.85. The Kier molecular flexibility index (Phi) is 4.37. The largest absolute Gasteiger partial charge is 0.381 e. The first kappa shape index (κ1) is 11.6. The zero-order chi connectivity index (χ0) is 11.2. The minimum Gasteiger partial charge on any atom is -0.381 e. The molecule has 1 nitrogen and oxygen atoms in total.